The fourth-order valence-electron chi connectivity index (χ4n) is 3.56. The lowest BCUT2D eigenvalue weighted by Gasteiger charge is -2.29. The number of likely N-dealkylation sites (tertiary alicyclic amines) is 1. The average molecular weight is 516 g/mol. The van der Waals surface area contributed by atoms with E-state index in [1.54, 1.807) is 18.2 Å². The number of imide groups is 1. The van der Waals surface area contributed by atoms with Gasteiger partial charge < -0.3 is 10.1 Å². The molecule has 1 N–H and O–H groups in total. The zero-order valence-electron chi connectivity index (χ0n) is 15.2. The average Bonchev–Trinajstić information content (AvgIpc) is 2.85. The number of alkyl halides is 2. The summed E-state index contributed by atoms with van der Waals surface area (Å²) < 4.78 is 4.94. The van der Waals surface area contributed by atoms with Crippen molar-refractivity contribution < 1.29 is 23.9 Å². The maximum Gasteiger partial charge on any atom is 0.326 e. The molecule has 2 aliphatic rings. The molecule has 1 aliphatic heterocycles. The number of aryl methyl sites for hydroxylation is 1. The van der Waals surface area contributed by atoms with Crippen molar-refractivity contribution in [2.75, 3.05) is 18.5 Å². The molecule has 1 saturated heterocycles. The summed E-state index contributed by atoms with van der Waals surface area (Å²) in [5, 5.41) is 2.63. The third kappa shape index (κ3) is 4.63. The van der Waals surface area contributed by atoms with Crippen LogP contribution in [0.5, 0.6) is 0 Å². The van der Waals surface area contributed by atoms with Crippen molar-refractivity contribution in [3.05, 3.63) is 29.8 Å². The van der Waals surface area contributed by atoms with Gasteiger partial charge in [-0.25, -0.2) is 0 Å². The Bertz CT molecular complexity index is 787. The number of hydrogen-bond acceptors (Lipinski definition) is 5. The summed E-state index contributed by atoms with van der Waals surface area (Å²) in [5.74, 6) is -2.80. The molecular formula is C19H20Br2N2O5. The summed E-state index contributed by atoms with van der Waals surface area (Å²) in [7, 11) is 0. The topological polar surface area (TPSA) is 92.8 Å². The quantitative estimate of drug-likeness (QED) is 0.369. The molecule has 1 aromatic carbocycles. The maximum absolute atomic E-state index is 12.5. The van der Waals surface area contributed by atoms with E-state index in [1.165, 1.54) is 0 Å². The molecule has 0 spiro atoms. The van der Waals surface area contributed by atoms with Crippen LogP contribution in [0.2, 0.25) is 0 Å². The van der Waals surface area contributed by atoms with Gasteiger partial charge in [-0.2, -0.15) is 0 Å². The number of amides is 3. The minimum Gasteiger partial charge on any atom is -0.454 e. The molecule has 0 bridgehead atoms. The normalized spacial score (nSPS) is 26.8. The number of carbonyl (C=O) groups excluding carboxylic acids is 4. The van der Waals surface area contributed by atoms with Crippen LogP contribution in [0.15, 0.2) is 24.3 Å². The van der Waals surface area contributed by atoms with E-state index in [4.69, 9.17) is 4.74 Å². The third-order valence-electron chi connectivity index (χ3n) is 4.96. The molecule has 7 nitrogen and oxygen atoms in total. The van der Waals surface area contributed by atoms with Crippen LogP contribution >= 0.6 is 31.9 Å². The van der Waals surface area contributed by atoms with Gasteiger partial charge >= 0.3 is 5.97 Å². The minimum atomic E-state index is -0.787. The van der Waals surface area contributed by atoms with Crippen LogP contribution in [-0.4, -0.2) is 51.4 Å². The highest BCUT2D eigenvalue weighted by molar-refractivity contribution is 9.12. The summed E-state index contributed by atoms with van der Waals surface area (Å²) in [6.45, 7) is 0.943. The number of nitrogens with zero attached hydrogens (tertiary/aromatic N) is 1. The molecule has 28 heavy (non-hydrogen) atoms. The van der Waals surface area contributed by atoms with Crippen LogP contribution in [0.25, 0.3) is 0 Å². The first-order valence-corrected chi connectivity index (χ1v) is 10.7. The number of halogens is 2. The lowest BCUT2D eigenvalue weighted by atomic mass is 9.81. The van der Waals surface area contributed by atoms with Crippen molar-refractivity contribution in [1.82, 2.24) is 4.90 Å². The number of fused-ring (bicyclic) bond motifs is 1. The Labute approximate surface area is 179 Å². The molecule has 150 valence electrons. The number of anilines is 1. The van der Waals surface area contributed by atoms with Gasteiger partial charge in [0.25, 0.3) is 5.91 Å². The van der Waals surface area contributed by atoms with E-state index in [9.17, 15) is 19.2 Å². The van der Waals surface area contributed by atoms with Gasteiger partial charge in [0.1, 0.15) is 6.54 Å². The summed E-state index contributed by atoms with van der Waals surface area (Å²) >= 11 is 7.03. The lowest BCUT2D eigenvalue weighted by molar-refractivity contribution is -0.154. The highest BCUT2D eigenvalue weighted by Gasteiger charge is 2.52. The van der Waals surface area contributed by atoms with Crippen molar-refractivity contribution in [3.8, 4) is 0 Å². The molecular weight excluding hydrogens is 496 g/mol. The van der Waals surface area contributed by atoms with E-state index < -0.39 is 36.9 Å². The summed E-state index contributed by atoms with van der Waals surface area (Å²) in [5.41, 5.74) is 1.59. The van der Waals surface area contributed by atoms with Crippen molar-refractivity contribution >= 4 is 61.2 Å². The van der Waals surface area contributed by atoms with Gasteiger partial charge in [0.15, 0.2) is 6.61 Å². The second-order valence-electron chi connectivity index (χ2n) is 7.06. The van der Waals surface area contributed by atoms with E-state index in [0.717, 1.165) is 10.5 Å². The number of hydrogen-bond donors (Lipinski definition) is 1. The summed E-state index contributed by atoms with van der Waals surface area (Å²) in [6, 6.07) is 7.21. The summed E-state index contributed by atoms with van der Waals surface area (Å²) in [4.78, 5) is 50.2. The lowest BCUT2D eigenvalue weighted by Crippen LogP contribution is -2.37. The van der Waals surface area contributed by atoms with Crippen LogP contribution < -0.4 is 5.32 Å². The molecule has 0 unspecified atom stereocenters. The first kappa shape index (κ1) is 21.0. The second-order valence-corrected chi connectivity index (χ2v) is 9.41. The van der Waals surface area contributed by atoms with Crippen molar-refractivity contribution in [2.24, 2.45) is 11.8 Å². The van der Waals surface area contributed by atoms with E-state index in [0.29, 0.717) is 18.5 Å². The molecule has 1 aliphatic carbocycles. The number of carbonyl (C=O) groups is 4. The second kappa shape index (κ2) is 8.73. The molecule has 4 atom stereocenters. The minimum absolute atomic E-state index is 0.0997. The standard InChI is InChI=1S/C19H20Br2N2O5/c1-10-3-2-4-11(5-10)22-16(24)9-28-17(25)8-23-18(26)12-6-14(20)15(21)7-13(12)19(23)27/h2-5,12-15H,6-9H2,1H3,(H,22,24)/t12-,13+,14-,15-/m0/s1. The molecule has 1 aromatic rings. The van der Waals surface area contributed by atoms with E-state index in [1.807, 2.05) is 13.0 Å². The number of nitrogens with one attached hydrogen (secondary N) is 1. The molecule has 0 aromatic heterocycles. The van der Waals surface area contributed by atoms with Crippen LogP contribution in [0.4, 0.5) is 5.69 Å². The number of benzene rings is 1. The predicted molar refractivity (Wildman–Crippen MR) is 109 cm³/mol. The molecule has 1 saturated carbocycles. The Hall–Kier alpha value is -1.74. The van der Waals surface area contributed by atoms with Gasteiger partial charge in [-0.3, -0.25) is 24.1 Å². The Morgan fingerprint density at radius 3 is 2.32 bits per heavy atom. The molecule has 1 heterocycles. The monoisotopic (exact) mass is 514 g/mol. The Morgan fingerprint density at radius 2 is 1.75 bits per heavy atom. The van der Waals surface area contributed by atoms with Crippen LogP contribution in [0, 0.1) is 18.8 Å². The van der Waals surface area contributed by atoms with Crippen LogP contribution in [0.3, 0.4) is 0 Å². The van der Waals surface area contributed by atoms with E-state index in [-0.39, 0.29) is 21.5 Å². The van der Waals surface area contributed by atoms with Crippen molar-refractivity contribution in [1.29, 1.82) is 0 Å². The molecule has 0 radical (unpaired) electrons. The first-order valence-electron chi connectivity index (χ1n) is 8.91. The van der Waals surface area contributed by atoms with E-state index >= 15 is 0 Å². The van der Waals surface area contributed by atoms with Gasteiger partial charge in [0, 0.05) is 15.3 Å². The molecule has 3 amide bonds. The Morgan fingerprint density at radius 1 is 1.14 bits per heavy atom. The first-order chi connectivity index (χ1) is 13.3. The number of rotatable bonds is 5. The van der Waals surface area contributed by atoms with Crippen LogP contribution in [-0.2, 0) is 23.9 Å². The number of ether oxygens (including phenoxy) is 1. The summed E-state index contributed by atoms with van der Waals surface area (Å²) in [6.07, 6.45) is 1.07. The highest BCUT2D eigenvalue weighted by Crippen LogP contribution is 2.43. The van der Waals surface area contributed by atoms with Gasteiger partial charge in [0.05, 0.1) is 11.8 Å². The molecule has 3 rings (SSSR count). The van der Waals surface area contributed by atoms with Gasteiger partial charge in [0.2, 0.25) is 11.8 Å². The molecule has 2 fully saturated rings. The SMILES string of the molecule is Cc1cccc(NC(=O)COC(=O)CN2C(=O)[C@H]3C[C@H](Br)[C@@H](Br)C[C@H]3C2=O)c1. The largest absolute Gasteiger partial charge is 0.454 e. The van der Waals surface area contributed by atoms with Crippen molar-refractivity contribution in [2.45, 2.75) is 29.4 Å². The Balaban J connectivity index is 1.51. The zero-order valence-corrected chi connectivity index (χ0v) is 18.4. The van der Waals surface area contributed by atoms with Crippen LogP contribution in [0.1, 0.15) is 18.4 Å². The predicted octanol–water partition coefficient (Wildman–Crippen LogP) is 2.40. The highest BCUT2D eigenvalue weighted by atomic mass is 79.9. The third-order valence-corrected chi connectivity index (χ3v) is 7.69. The van der Waals surface area contributed by atoms with Crippen molar-refractivity contribution in [3.63, 3.8) is 0 Å². The maximum atomic E-state index is 12.5. The van der Waals surface area contributed by atoms with Gasteiger partial charge in [-0.15, -0.1) is 0 Å². The zero-order chi connectivity index (χ0) is 20.4. The molecule has 9 heteroatoms. The van der Waals surface area contributed by atoms with Gasteiger partial charge in [-0.1, -0.05) is 44.0 Å². The Kier molecular flexibility index (Phi) is 6.54. The fourth-order valence-corrected chi connectivity index (χ4v) is 4.80. The smallest absolute Gasteiger partial charge is 0.326 e. The van der Waals surface area contributed by atoms with Gasteiger partial charge in [-0.05, 0) is 37.5 Å². The van der Waals surface area contributed by atoms with E-state index in [2.05, 4.69) is 37.2 Å². The number of esters is 1. The fraction of sp³-hybridized carbons (Fsp3) is 0.474.